The molecule has 0 spiro atoms. The van der Waals surface area contributed by atoms with Gasteiger partial charge in [-0.1, -0.05) is 13.8 Å². The van der Waals surface area contributed by atoms with E-state index >= 15 is 0 Å². The van der Waals surface area contributed by atoms with E-state index in [1.54, 1.807) is 31.1 Å². The largest absolute Gasteiger partial charge is 0.342 e. The van der Waals surface area contributed by atoms with E-state index in [1.165, 1.54) is 16.4 Å². The number of hydrogen-bond donors (Lipinski definition) is 1. The number of halogens is 1. The van der Waals surface area contributed by atoms with Crippen LogP contribution in [0.3, 0.4) is 0 Å². The van der Waals surface area contributed by atoms with Gasteiger partial charge in [-0.05, 0) is 50.5 Å². The van der Waals surface area contributed by atoms with Gasteiger partial charge in [-0.25, -0.2) is 8.42 Å². The van der Waals surface area contributed by atoms with E-state index in [0.29, 0.717) is 18.0 Å². The average Bonchev–Trinajstić information content (AvgIpc) is 2.57. The third-order valence-electron chi connectivity index (χ3n) is 4.51. The first-order valence-electron chi connectivity index (χ1n) is 8.57. The standard InChI is InChI=1S/C18H31N3O3S.ClH/c1-13(2)17(19)11-12-20(5)18(22)15-7-9-16(10-8-15)25(23,24)21(6)14(3)4;/h7-10,13-14,17H,11-12,19H2,1-6H3;1H. The molecule has 8 heteroatoms. The zero-order chi connectivity index (χ0) is 19.4. The Kier molecular flexibility index (Phi) is 9.80. The quantitative estimate of drug-likeness (QED) is 0.720. The summed E-state index contributed by atoms with van der Waals surface area (Å²) in [4.78, 5) is 14.3. The fourth-order valence-electron chi connectivity index (χ4n) is 2.21. The van der Waals surface area contributed by atoms with Gasteiger partial charge in [0.15, 0.2) is 0 Å². The summed E-state index contributed by atoms with van der Waals surface area (Å²) in [5.74, 6) is 0.225. The lowest BCUT2D eigenvalue weighted by atomic mass is 10.0. The molecule has 0 saturated heterocycles. The van der Waals surface area contributed by atoms with Crippen LogP contribution in [0.1, 0.15) is 44.5 Å². The van der Waals surface area contributed by atoms with Gasteiger partial charge in [0, 0.05) is 38.3 Å². The Morgan fingerprint density at radius 1 is 1.08 bits per heavy atom. The third kappa shape index (κ3) is 6.23. The van der Waals surface area contributed by atoms with E-state index in [2.05, 4.69) is 13.8 Å². The van der Waals surface area contributed by atoms with E-state index in [9.17, 15) is 13.2 Å². The Hall–Kier alpha value is -1.15. The molecule has 1 aromatic carbocycles. The molecule has 0 aliphatic carbocycles. The molecule has 0 radical (unpaired) electrons. The van der Waals surface area contributed by atoms with Crippen LogP contribution in [0, 0.1) is 5.92 Å². The molecule has 0 saturated carbocycles. The zero-order valence-electron chi connectivity index (χ0n) is 16.5. The minimum Gasteiger partial charge on any atom is -0.342 e. The second-order valence-corrected chi connectivity index (χ2v) is 9.06. The SMILES string of the molecule is CC(C)C(N)CCN(C)C(=O)c1ccc(S(=O)(=O)N(C)C(C)C)cc1.Cl. The van der Waals surface area contributed by atoms with E-state index in [4.69, 9.17) is 5.73 Å². The summed E-state index contributed by atoms with van der Waals surface area (Å²) in [6, 6.07) is 5.99. The summed E-state index contributed by atoms with van der Waals surface area (Å²) in [5, 5.41) is 0. The molecule has 0 aliphatic heterocycles. The zero-order valence-corrected chi connectivity index (χ0v) is 18.1. The highest BCUT2D eigenvalue weighted by atomic mass is 35.5. The highest BCUT2D eigenvalue weighted by molar-refractivity contribution is 7.89. The molecule has 0 aromatic heterocycles. The summed E-state index contributed by atoms with van der Waals surface area (Å²) in [5.41, 5.74) is 6.48. The molecule has 0 aliphatic rings. The predicted octanol–water partition coefficient (Wildman–Crippen LogP) is 2.58. The second kappa shape index (κ2) is 10.3. The molecule has 0 fully saturated rings. The molecule has 1 rings (SSSR count). The topological polar surface area (TPSA) is 83.7 Å². The third-order valence-corrected chi connectivity index (χ3v) is 6.55. The van der Waals surface area contributed by atoms with Gasteiger partial charge in [-0.2, -0.15) is 4.31 Å². The average molecular weight is 406 g/mol. The molecule has 1 aromatic rings. The van der Waals surface area contributed by atoms with Gasteiger partial charge >= 0.3 is 0 Å². The van der Waals surface area contributed by atoms with Crippen molar-refractivity contribution in [2.24, 2.45) is 11.7 Å². The second-order valence-electron chi connectivity index (χ2n) is 7.06. The summed E-state index contributed by atoms with van der Waals surface area (Å²) in [6.45, 7) is 8.30. The van der Waals surface area contributed by atoms with Crippen LogP contribution in [-0.4, -0.2) is 56.3 Å². The van der Waals surface area contributed by atoms with E-state index in [1.807, 2.05) is 13.8 Å². The minimum atomic E-state index is -3.54. The lowest BCUT2D eigenvalue weighted by molar-refractivity contribution is 0.0789. The Balaban J connectivity index is 0.00000625. The molecule has 1 amide bonds. The van der Waals surface area contributed by atoms with Crippen molar-refractivity contribution in [3.63, 3.8) is 0 Å². The molecule has 1 atom stereocenters. The Labute approximate surface area is 164 Å². The molecule has 26 heavy (non-hydrogen) atoms. The van der Waals surface area contributed by atoms with Gasteiger partial charge in [-0.15, -0.1) is 12.4 Å². The van der Waals surface area contributed by atoms with Gasteiger partial charge < -0.3 is 10.6 Å². The van der Waals surface area contributed by atoms with Gasteiger partial charge in [0.1, 0.15) is 0 Å². The first-order valence-corrected chi connectivity index (χ1v) is 10.0. The van der Waals surface area contributed by atoms with E-state index in [-0.39, 0.29) is 35.3 Å². The molecular formula is C18H32ClN3O3S. The summed E-state index contributed by atoms with van der Waals surface area (Å²) in [7, 11) is -0.265. The van der Waals surface area contributed by atoms with Crippen molar-refractivity contribution in [2.45, 2.75) is 51.1 Å². The molecular weight excluding hydrogens is 374 g/mol. The van der Waals surface area contributed by atoms with Crippen molar-refractivity contribution in [1.82, 2.24) is 9.21 Å². The summed E-state index contributed by atoms with van der Waals surface area (Å²) < 4.78 is 26.2. The molecule has 0 heterocycles. The van der Waals surface area contributed by atoms with Crippen LogP contribution >= 0.6 is 12.4 Å². The van der Waals surface area contributed by atoms with Crippen molar-refractivity contribution in [1.29, 1.82) is 0 Å². The Morgan fingerprint density at radius 3 is 2.00 bits per heavy atom. The van der Waals surface area contributed by atoms with Crippen LogP contribution in [-0.2, 0) is 10.0 Å². The number of hydrogen-bond acceptors (Lipinski definition) is 4. The van der Waals surface area contributed by atoms with Crippen molar-refractivity contribution in [3.05, 3.63) is 29.8 Å². The number of rotatable bonds is 8. The van der Waals surface area contributed by atoms with Crippen molar-refractivity contribution in [3.8, 4) is 0 Å². The van der Waals surface area contributed by atoms with Gasteiger partial charge in [0.2, 0.25) is 10.0 Å². The molecule has 6 nitrogen and oxygen atoms in total. The monoisotopic (exact) mass is 405 g/mol. The first-order chi connectivity index (χ1) is 11.5. The van der Waals surface area contributed by atoms with Crippen molar-refractivity contribution in [2.75, 3.05) is 20.6 Å². The maximum Gasteiger partial charge on any atom is 0.253 e. The smallest absolute Gasteiger partial charge is 0.253 e. The Bertz CT molecular complexity index is 675. The van der Waals surface area contributed by atoms with Gasteiger partial charge in [0.05, 0.1) is 4.90 Å². The number of benzene rings is 1. The number of nitrogens with two attached hydrogens (primary N) is 1. The van der Waals surface area contributed by atoms with Crippen LogP contribution in [0.4, 0.5) is 0 Å². The summed E-state index contributed by atoms with van der Waals surface area (Å²) >= 11 is 0. The highest BCUT2D eigenvalue weighted by Crippen LogP contribution is 2.18. The van der Waals surface area contributed by atoms with Crippen molar-refractivity contribution < 1.29 is 13.2 Å². The number of carbonyl (C=O) groups is 1. The van der Waals surface area contributed by atoms with Gasteiger partial charge in [-0.3, -0.25) is 4.79 Å². The highest BCUT2D eigenvalue weighted by Gasteiger charge is 2.23. The number of amides is 1. The maximum absolute atomic E-state index is 12.5. The van der Waals surface area contributed by atoms with E-state index < -0.39 is 10.0 Å². The molecule has 1 unspecified atom stereocenters. The van der Waals surface area contributed by atoms with Gasteiger partial charge in [0.25, 0.3) is 5.91 Å². The lowest BCUT2D eigenvalue weighted by Gasteiger charge is -2.22. The minimum absolute atomic E-state index is 0. The van der Waals surface area contributed by atoms with Crippen LogP contribution in [0.2, 0.25) is 0 Å². The Morgan fingerprint density at radius 2 is 1.58 bits per heavy atom. The summed E-state index contributed by atoms with van der Waals surface area (Å²) in [6.07, 6.45) is 0.728. The lowest BCUT2D eigenvalue weighted by Crippen LogP contribution is -2.35. The predicted molar refractivity (Wildman–Crippen MR) is 108 cm³/mol. The van der Waals surface area contributed by atoms with Crippen LogP contribution in [0.15, 0.2) is 29.2 Å². The van der Waals surface area contributed by atoms with Crippen LogP contribution < -0.4 is 5.73 Å². The molecule has 0 bridgehead atoms. The first kappa shape index (κ1) is 24.8. The maximum atomic E-state index is 12.5. The molecule has 150 valence electrons. The number of carbonyl (C=O) groups excluding carboxylic acids is 1. The molecule has 2 N–H and O–H groups in total. The number of nitrogens with zero attached hydrogens (tertiary/aromatic N) is 2. The normalized spacial score (nSPS) is 13.0. The van der Waals surface area contributed by atoms with Crippen LogP contribution in [0.5, 0.6) is 0 Å². The fourth-order valence-corrected chi connectivity index (χ4v) is 3.58. The fraction of sp³-hybridized carbons (Fsp3) is 0.611. The van der Waals surface area contributed by atoms with E-state index in [0.717, 1.165) is 6.42 Å². The van der Waals surface area contributed by atoms with Crippen LogP contribution in [0.25, 0.3) is 0 Å². The number of sulfonamides is 1. The van der Waals surface area contributed by atoms with Crippen molar-refractivity contribution >= 4 is 28.3 Å².